The van der Waals surface area contributed by atoms with Crippen molar-refractivity contribution in [2.75, 3.05) is 0 Å². The normalized spacial score (nSPS) is 10.7. The van der Waals surface area contributed by atoms with Gasteiger partial charge in [-0.3, -0.25) is 4.79 Å². The minimum Gasteiger partial charge on any atom is -0.345 e. The number of aromatic nitrogens is 3. The molecule has 29 heavy (non-hydrogen) atoms. The number of nitrogens with zero attached hydrogens (tertiary/aromatic N) is 3. The molecule has 1 N–H and O–H groups in total. The number of carbonyl (C=O) groups is 1. The molecule has 0 unspecified atom stereocenters. The van der Waals surface area contributed by atoms with Gasteiger partial charge in [-0.25, -0.2) is 0 Å². The molecule has 0 aliphatic heterocycles. The summed E-state index contributed by atoms with van der Waals surface area (Å²) in [5.74, 6) is 1.19. The Morgan fingerprint density at radius 3 is 2.62 bits per heavy atom. The van der Waals surface area contributed by atoms with Crippen molar-refractivity contribution >= 4 is 40.9 Å². The summed E-state index contributed by atoms with van der Waals surface area (Å²) in [6.07, 6.45) is 1.78. The predicted molar refractivity (Wildman–Crippen MR) is 119 cm³/mol. The summed E-state index contributed by atoms with van der Waals surface area (Å²) in [5, 5.41) is 13.2. The molecule has 150 valence electrons. The molecular formula is C21H20Cl2N4OS. The number of halogens is 2. The van der Waals surface area contributed by atoms with E-state index >= 15 is 0 Å². The topological polar surface area (TPSA) is 59.8 Å². The van der Waals surface area contributed by atoms with Crippen LogP contribution < -0.4 is 5.32 Å². The van der Waals surface area contributed by atoms with E-state index in [0.717, 1.165) is 16.3 Å². The molecular weight excluding hydrogens is 427 g/mol. The van der Waals surface area contributed by atoms with Crippen LogP contribution in [0.15, 0.2) is 60.3 Å². The first kappa shape index (κ1) is 21.4. The highest BCUT2D eigenvalue weighted by molar-refractivity contribution is 7.98. The quantitative estimate of drug-likeness (QED) is 0.376. The molecule has 3 aromatic rings. The summed E-state index contributed by atoms with van der Waals surface area (Å²) in [7, 11) is 0. The molecule has 8 heteroatoms. The second kappa shape index (κ2) is 9.96. The largest absolute Gasteiger partial charge is 0.345 e. The van der Waals surface area contributed by atoms with Crippen LogP contribution in [0.3, 0.4) is 0 Å². The van der Waals surface area contributed by atoms with Crippen LogP contribution >= 0.6 is 35.0 Å². The third-order valence-electron chi connectivity index (χ3n) is 4.18. The van der Waals surface area contributed by atoms with Crippen LogP contribution in [0, 0.1) is 6.92 Å². The third kappa shape index (κ3) is 5.63. The van der Waals surface area contributed by atoms with Gasteiger partial charge in [-0.2, -0.15) is 0 Å². The summed E-state index contributed by atoms with van der Waals surface area (Å²) in [6.45, 7) is 6.61. The molecule has 0 saturated heterocycles. The maximum Gasteiger partial charge on any atom is 0.251 e. The average Bonchev–Trinajstić information content (AvgIpc) is 3.09. The van der Waals surface area contributed by atoms with E-state index < -0.39 is 0 Å². The van der Waals surface area contributed by atoms with Crippen LogP contribution in [0.4, 0.5) is 0 Å². The second-order valence-corrected chi connectivity index (χ2v) is 8.14. The van der Waals surface area contributed by atoms with Crippen molar-refractivity contribution in [3.63, 3.8) is 0 Å². The van der Waals surface area contributed by atoms with Crippen molar-refractivity contribution in [3.8, 4) is 0 Å². The number of carbonyl (C=O) groups excluding carboxylic acids is 1. The van der Waals surface area contributed by atoms with Crippen molar-refractivity contribution in [2.24, 2.45) is 0 Å². The molecule has 2 aromatic carbocycles. The molecule has 0 saturated carbocycles. The Labute approximate surface area is 184 Å². The fourth-order valence-electron chi connectivity index (χ4n) is 2.61. The fourth-order valence-corrected chi connectivity index (χ4v) is 3.84. The lowest BCUT2D eigenvalue weighted by Crippen LogP contribution is -2.24. The SMILES string of the molecule is C=CCn1c(CNC(=O)c2ccc(C)cc2)nnc1SCc1ccc(Cl)c(Cl)c1. The summed E-state index contributed by atoms with van der Waals surface area (Å²) >= 11 is 13.6. The number of hydrogen-bond acceptors (Lipinski definition) is 4. The number of nitrogens with one attached hydrogen (secondary N) is 1. The first-order valence-corrected chi connectivity index (χ1v) is 10.7. The second-order valence-electron chi connectivity index (χ2n) is 6.38. The van der Waals surface area contributed by atoms with Gasteiger partial charge in [0.15, 0.2) is 11.0 Å². The van der Waals surface area contributed by atoms with E-state index in [2.05, 4.69) is 22.1 Å². The third-order valence-corrected chi connectivity index (χ3v) is 5.95. The Bertz CT molecular complexity index is 1020. The van der Waals surface area contributed by atoms with Crippen LogP contribution in [0.1, 0.15) is 27.3 Å². The lowest BCUT2D eigenvalue weighted by Gasteiger charge is -2.09. The Balaban J connectivity index is 1.67. The number of allylic oxidation sites excluding steroid dienone is 1. The molecule has 3 rings (SSSR count). The van der Waals surface area contributed by atoms with Gasteiger partial charge >= 0.3 is 0 Å². The van der Waals surface area contributed by atoms with Gasteiger partial charge in [-0.15, -0.1) is 16.8 Å². The van der Waals surface area contributed by atoms with Crippen molar-refractivity contribution in [3.05, 3.63) is 87.7 Å². The minimum atomic E-state index is -0.150. The number of rotatable bonds is 8. The average molecular weight is 447 g/mol. The Morgan fingerprint density at radius 1 is 1.17 bits per heavy atom. The smallest absolute Gasteiger partial charge is 0.251 e. The summed E-state index contributed by atoms with van der Waals surface area (Å²) in [5.41, 5.74) is 2.75. The Hall–Kier alpha value is -2.28. The number of aryl methyl sites for hydroxylation is 1. The highest BCUT2D eigenvalue weighted by Gasteiger charge is 2.14. The summed E-state index contributed by atoms with van der Waals surface area (Å²) in [4.78, 5) is 12.4. The number of benzene rings is 2. The lowest BCUT2D eigenvalue weighted by atomic mass is 10.1. The maximum atomic E-state index is 12.4. The molecule has 0 aliphatic rings. The first-order valence-electron chi connectivity index (χ1n) is 8.92. The van der Waals surface area contributed by atoms with Gasteiger partial charge in [0.2, 0.25) is 0 Å². The van der Waals surface area contributed by atoms with Crippen molar-refractivity contribution in [1.29, 1.82) is 0 Å². The maximum absolute atomic E-state index is 12.4. The zero-order valence-electron chi connectivity index (χ0n) is 15.9. The molecule has 0 radical (unpaired) electrons. The molecule has 0 aliphatic carbocycles. The minimum absolute atomic E-state index is 0.150. The van der Waals surface area contributed by atoms with Gasteiger partial charge in [0.25, 0.3) is 5.91 Å². The van der Waals surface area contributed by atoms with Crippen LogP contribution in [0.5, 0.6) is 0 Å². The zero-order chi connectivity index (χ0) is 20.8. The summed E-state index contributed by atoms with van der Waals surface area (Å²) < 4.78 is 1.94. The summed E-state index contributed by atoms with van der Waals surface area (Å²) in [6, 6.07) is 13.0. The Morgan fingerprint density at radius 2 is 1.93 bits per heavy atom. The van der Waals surface area contributed by atoms with Gasteiger partial charge in [-0.05, 0) is 36.8 Å². The molecule has 0 fully saturated rings. The van der Waals surface area contributed by atoms with Gasteiger partial charge in [-0.1, -0.05) is 64.8 Å². The van der Waals surface area contributed by atoms with E-state index in [1.807, 2.05) is 35.8 Å². The van der Waals surface area contributed by atoms with Crippen LogP contribution in [-0.2, 0) is 18.8 Å². The van der Waals surface area contributed by atoms with Crippen molar-refractivity contribution in [1.82, 2.24) is 20.1 Å². The van der Waals surface area contributed by atoms with Crippen molar-refractivity contribution in [2.45, 2.75) is 30.9 Å². The van der Waals surface area contributed by atoms with E-state index in [1.165, 1.54) is 11.8 Å². The molecule has 5 nitrogen and oxygen atoms in total. The van der Waals surface area contributed by atoms with E-state index in [0.29, 0.717) is 33.7 Å². The number of hydrogen-bond donors (Lipinski definition) is 1. The highest BCUT2D eigenvalue weighted by atomic mass is 35.5. The van der Waals surface area contributed by atoms with Gasteiger partial charge in [0.1, 0.15) is 0 Å². The number of amides is 1. The van der Waals surface area contributed by atoms with Crippen LogP contribution in [-0.4, -0.2) is 20.7 Å². The van der Waals surface area contributed by atoms with E-state index in [9.17, 15) is 4.79 Å². The Kier molecular flexibility index (Phi) is 7.36. The first-order chi connectivity index (χ1) is 14.0. The van der Waals surface area contributed by atoms with Crippen LogP contribution in [0.25, 0.3) is 0 Å². The number of thioether (sulfide) groups is 1. The van der Waals surface area contributed by atoms with Gasteiger partial charge < -0.3 is 9.88 Å². The van der Waals surface area contributed by atoms with E-state index in [1.54, 1.807) is 24.3 Å². The molecule has 0 bridgehead atoms. The molecule has 1 heterocycles. The van der Waals surface area contributed by atoms with E-state index in [-0.39, 0.29) is 12.5 Å². The molecule has 0 spiro atoms. The highest BCUT2D eigenvalue weighted by Crippen LogP contribution is 2.27. The van der Waals surface area contributed by atoms with Crippen LogP contribution in [0.2, 0.25) is 10.0 Å². The molecule has 0 atom stereocenters. The fraction of sp³-hybridized carbons (Fsp3) is 0.190. The van der Waals surface area contributed by atoms with Gasteiger partial charge in [0, 0.05) is 17.9 Å². The van der Waals surface area contributed by atoms with Crippen molar-refractivity contribution < 1.29 is 4.79 Å². The van der Waals surface area contributed by atoms with E-state index in [4.69, 9.17) is 23.2 Å². The predicted octanol–water partition coefficient (Wildman–Crippen LogP) is 5.30. The lowest BCUT2D eigenvalue weighted by molar-refractivity contribution is 0.0949. The van der Waals surface area contributed by atoms with Gasteiger partial charge in [0.05, 0.1) is 16.6 Å². The monoisotopic (exact) mass is 446 g/mol. The molecule has 1 amide bonds. The standard InChI is InChI=1S/C21H20Cl2N4OS/c1-3-10-27-19(12-24-20(28)16-7-4-14(2)5-8-16)25-26-21(27)29-13-15-6-9-17(22)18(23)11-15/h3-9,11H,1,10,12-13H2,2H3,(H,24,28). The zero-order valence-corrected chi connectivity index (χ0v) is 18.2. The molecule has 1 aromatic heterocycles.